The Morgan fingerprint density at radius 2 is 2.11 bits per heavy atom. The van der Waals surface area contributed by atoms with E-state index in [1.54, 1.807) is 25.1 Å². The summed E-state index contributed by atoms with van der Waals surface area (Å²) in [5, 5.41) is 7.99. The lowest BCUT2D eigenvalue weighted by Crippen LogP contribution is -2.27. The van der Waals surface area contributed by atoms with Gasteiger partial charge in [-0.3, -0.25) is 4.79 Å². The first-order valence-electron chi connectivity index (χ1n) is 5.35. The van der Waals surface area contributed by atoms with Gasteiger partial charge >= 0.3 is 0 Å². The van der Waals surface area contributed by atoms with Crippen LogP contribution in [0.5, 0.6) is 0 Å². The molecule has 0 unspecified atom stereocenters. The third-order valence-corrected chi connectivity index (χ3v) is 3.67. The Kier molecular flexibility index (Phi) is 5.13. The largest absolute Gasteiger partial charge is 0.352 e. The molecule has 1 aromatic carbocycles. The van der Waals surface area contributed by atoms with E-state index in [2.05, 4.69) is 5.32 Å². The summed E-state index contributed by atoms with van der Waals surface area (Å²) in [6.07, 6.45) is 0.282. The van der Waals surface area contributed by atoms with Gasteiger partial charge < -0.3 is 5.32 Å². The molecule has 7 heteroatoms. The van der Waals surface area contributed by atoms with Gasteiger partial charge in [0.2, 0.25) is 10.0 Å². The summed E-state index contributed by atoms with van der Waals surface area (Å²) >= 11 is 5.90. The zero-order chi connectivity index (χ0) is 13.8. The van der Waals surface area contributed by atoms with E-state index in [0.29, 0.717) is 16.1 Å². The number of hydrogen-bond acceptors (Lipinski definition) is 3. The second kappa shape index (κ2) is 6.17. The van der Waals surface area contributed by atoms with Gasteiger partial charge in [-0.15, -0.1) is 0 Å². The van der Waals surface area contributed by atoms with E-state index in [4.69, 9.17) is 16.7 Å². The molecule has 0 spiro atoms. The van der Waals surface area contributed by atoms with Crippen molar-refractivity contribution in [2.45, 2.75) is 13.3 Å². The van der Waals surface area contributed by atoms with Gasteiger partial charge in [0.1, 0.15) is 0 Å². The Bertz CT molecular complexity index is 543. The maximum absolute atomic E-state index is 11.8. The number of carbonyl (C=O) groups is 1. The quantitative estimate of drug-likeness (QED) is 0.795. The van der Waals surface area contributed by atoms with Crippen molar-refractivity contribution in [2.24, 2.45) is 5.14 Å². The summed E-state index contributed by atoms with van der Waals surface area (Å²) in [6.45, 7) is 2.00. The van der Waals surface area contributed by atoms with Crippen LogP contribution in [0.3, 0.4) is 0 Å². The third kappa shape index (κ3) is 4.64. The average Bonchev–Trinajstić information content (AvgIpc) is 2.26. The average molecular weight is 291 g/mol. The van der Waals surface area contributed by atoms with Crippen LogP contribution in [0.15, 0.2) is 18.2 Å². The van der Waals surface area contributed by atoms with Gasteiger partial charge in [-0.1, -0.05) is 17.7 Å². The minimum absolute atomic E-state index is 0.151. The van der Waals surface area contributed by atoms with Crippen molar-refractivity contribution in [1.82, 2.24) is 5.32 Å². The van der Waals surface area contributed by atoms with E-state index in [0.717, 1.165) is 0 Å². The Balaban J connectivity index is 2.54. The van der Waals surface area contributed by atoms with Crippen molar-refractivity contribution in [3.8, 4) is 0 Å². The topological polar surface area (TPSA) is 89.3 Å². The minimum Gasteiger partial charge on any atom is -0.352 e. The van der Waals surface area contributed by atoms with Gasteiger partial charge in [-0.25, -0.2) is 13.6 Å². The predicted octanol–water partition coefficient (Wildman–Crippen LogP) is 1.06. The van der Waals surface area contributed by atoms with Crippen molar-refractivity contribution >= 4 is 27.5 Å². The number of nitrogens with one attached hydrogen (secondary N) is 1. The summed E-state index contributed by atoms with van der Waals surface area (Å²) < 4.78 is 21.4. The normalized spacial score (nSPS) is 11.3. The molecule has 3 N–H and O–H groups in total. The molecular weight excluding hydrogens is 276 g/mol. The van der Waals surface area contributed by atoms with Gasteiger partial charge in [-0.05, 0) is 31.0 Å². The molecule has 0 atom stereocenters. The van der Waals surface area contributed by atoms with E-state index in [1.165, 1.54) is 0 Å². The summed E-state index contributed by atoms with van der Waals surface area (Å²) in [6, 6.07) is 5.06. The van der Waals surface area contributed by atoms with Crippen LogP contribution in [0.2, 0.25) is 5.02 Å². The van der Waals surface area contributed by atoms with Crippen molar-refractivity contribution in [1.29, 1.82) is 0 Å². The fourth-order valence-electron chi connectivity index (χ4n) is 1.42. The number of benzene rings is 1. The summed E-state index contributed by atoms with van der Waals surface area (Å²) in [7, 11) is -3.47. The van der Waals surface area contributed by atoms with Gasteiger partial charge in [0, 0.05) is 17.1 Å². The van der Waals surface area contributed by atoms with Crippen LogP contribution in [-0.4, -0.2) is 26.6 Å². The number of nitrogens with two attached hydrogens (primary N) is 1. The summed E-state index contributed by atoms with van der Waals surface area (Å²) in [4.78, 5) is 11.8. The number of rotatable bonds is 5. The Labute approximate surface area is 111 Å². The molecule has 0 bridgehead atoms. The van der Waals surface area contributed by atoms with Gasteiger partial charge in [-0.2, -0.15) is 0 Å². The van der Waals surface area contributed by atoms with Crippen LogP contribution < -0.4 is 10.5 Å². The molecule has 0 aliphatic rings. The molecule has 0 aliphatic heterocycles. The fraction of sp³-hybridized carbons (Fsp3) is 0.364. The Morgan fingerprint density at radius 1 is 1.44 bits per heavy atom. The number of amides is 1. The van der Waals surface area contributed by atoms with Crippen molar-refractivity contribution in [3.63, 3.8) is 0 Å². The zero-order valence-corrected chi connectivity index (χ0v) is 11.5. The first kappa shape index (κ1) is 14.9. The maximum atomic E-state index is 11.8. The number of sulfonamides is 1. The molecule has 0 fully saturated rings. The minimum atomic E-state index is -3.47. The molecule has 0 aliphatic carbocycles. The lowest BCUT2D eigenvalue weighted by molar-refractivity contribution is 0.0953. The molecule has 0 aromatic heterocycles. The molecule has 100 valence electrons. The lowest BCUT2D eigenvalue weighted by Gasteiger charge is -2.08. The van der Waals surface area contributed by atoms with Gasteiger partial charge in [0.05, 0.1) is 5.75 Å². The molecule has 1 rings (SSSR count). The molecule has 0 heterocycles. The van der Waals surface area contributed by atoms with Crippen LogP contribution in [0.1, 0.15) is 22.3 Å². The Hall–Kier alpha value is -1.11. The monoisotopic (exact) mass is 290 g/mol. The Morgan fingerprint density at radius 3 is 2.72 bits per heavy atom. The molecule has 1 aromatic rings. The molecule has 5 nitrogen and oxygen atoms in total. The van der Waals surface area contributed by atoms with Gasteiger partial charge in [0.25, 0.3) is 5.91 Å². The van der Waals surface area contributed by atoms with Crippen LogP contribution in [0.25, 0.3) is 0 Å². The number of hydrogen-bond donors (Lipinski definition) is 2. The second-order valence-electron chi connectivity index (χ2n) is 3.89. The molecule has 18 heavy (non-hydrogen) atoms. The highest BCUT2D eigenvalue weighted by molar-refractivity contribution is 7.89. The number of carbonyl (C=O) groups excluding carboxylic acids is 1. The van der Waals surface area contributed by atoms with Crippen LogP contribution >= 0.6 is 11.6 Å². The van der Waals surface area contributed by atoms with E-state index in [1.807, 2.05) is 0 Å². The molecule has 0 saturated carbocycles. The number of halogens is 1. The fourth-order valence-corrected chi connectivity index (χ4v) is 2.15. The highest BCUT2D eigenvalue weighted by Gasteiger charge is 2.10. The van der Waals surface area contributed by atoms with E-state index >= 15 is 0 Å². The second-order valence-corrected chi connectivity index (χ2v) is 6.03. The van der Waals surface area contributed by atoms with Crippen LogP contribution in [0.4, 0.5) is 0 Å². The first-order valence-corrected chi connectivity index (χ1v) is 7.44. The van der Waals surface area contributed by atoms with Crippen molar-refractivity contribution < 1.29 is 13.2 Å². The van der Waals surface area contributed by atoms with Crippen LogP contribution in [-0.2, 0) is 10.0 Å². The standard InChI is InChI=1S/C11H15ClN2O3S/c1-8-9(4-2-5-10(8)12)11(15)14-6-3-7-18(13,16)17/h2,4-5H,3,6-7H2,1H3,(H,14,15)(H2,13,16,17). The van der Waals surface area contributed by atoms with Crippen molar-refractivity contribution in [3.05, 3.63) is 34.3 Å². The lowest BCUT2D eigenvalue weighted by atomic mass is 10.1. The zero-order valence-electron chi connectivity index (χ0n) is 9.94. The SMILES string of the molecule is Cc1c(Cl)cccc1C(=O)NCCCS(N)(=O)=O. The van der Waals surface area contributed by atoms with Crippen molar-refractivity contribution in [2.75, 3.05) is 12.3 Å². The summed E-state index contributed by atoms with van der Waals surface area (Å²) in [5.41, 5.74) is 1.18. The van der Waals surface area contributed by atoms with Crippen LogP contribution in [0, 0.1) is 6.92 Å². The summed E-state index contributed by atoms with van der Waals surface area (Å²) in [5.74, 6) is -0.425. The first-order chi connectivity index (χ1) is 8.31. The number of primary sulfonamides is 1. The van der Waals surface area contributed by atoms with Gasteiger partial charge in [0.15, 0.2) is 0 Å². The smallest absolute Gasteiger partial charge is 0.251 e. The molecule has 0 radical (unpaired) electrons. The highest BCUT2D eigenvalue weighted by atomic mass is 35.5. The van der Waals surface area contributed by atoms with E-state index in [-0.39, 0.29) is 24.6 Å². The molecule has 0 saturated heterocycles. The highest BCUT2D eigenvalue weighted by Crippen LogP contribution is 2.18. The predicted molar refractivity (Wildman–Crippen MR) is 71.1 cm³/mol. The molecule has 1 amide bonds. The third-order valence-electron chi connectivity index (χ3n) is 2.40. The van der Waals surface area contributed by atoms with E-state index < -0.39 is 10.0 Å². The van der Waals surface area contributed by atoms with E-state index in [9.17, 15) is 13.2 Å². The molecular formula is C11H15ClN2O3S. The maximum Gasteiger partial charge on any atom is 0.251 e.